The van der Waals surface area contributed by atoms with Gasteiger partial charge >= 0.3 is 0 Å². The van der Waals surface area contributed by atoms with Gasteiger partial charge in [0, 0.05) is 45.6 Å². The summed E-state index contributed by atoms with van der Waals surface area (Å²) in [5.74, 6) is -0.716. The van der Waals surface area contributed by atoms with Gasteiger partial charge in [-0.1, -0.05) is 44.2 Å². The molecule has 7 rings (SSSR count). The lowest BCUT2D eigenvalue weighted by molar-refractivity contribution is 0.0174. The van der Waals surface area contributed by atoms with Gasteiger partial charge in [-0.15, -0.1) is 0 Å². The lowest BCUT2D eigenvalue weighted by Crippen LogP contribution is -2.54. The number of benzene rings is 5. The van der Waals surface area contributed by atoms with Crippen LogP contribution in [0.4, 0.5) is 0 Å². The van der Waals surface area contributed by atoms with Gasteiger partial charge in [0.25, 0.3) is 17.7 Å². The van der Waals surface area contributed by atoms with Crippen LogP contribution < -0.4 is 0 Å². The fourth-order valence-corrected chi connectivity index (χ4v) is 6.56. The Bertz CT molecular complexity index is 1800. The molecule has 0 saturated carbocycles. The van der Waals surface area contributed by atoms with Gasteiger partial charge in [-0.05, 0) is 70.3 Å². The van der Waals surface area contributed by atoms with E-state index in [2.05, 4.69) is 0 Å². The Morgan fingerprint density at radius 2 is 1.11 bits per heavy atom. The zero-order valence-electron chi connectivity index (χ0n) is 21.2. The highest BCUT2D eigenvalue weighted by atomic mass is 16.3. The van der Waals surface area contributed by atoms with Gasteiger partial charge in [0.1, 0.15) is 0 Å². The van der Waals surface area contributed by atoms with Crippen molar-refractivity contribution in [3.63, 3.8) is 0 Å². The Kier molecular flexibility index (Phi) is 4.23. The molecule has 0 saturated heterocycles. The van der Waals surface area contributed by atoms with Crippen molar-refractivity contribution in [1.82, 2.24) is 9.80 Å². The van der Waals surface area contributed by atoms with Gasteiger partial charge in [-0.25, -0.2) is 0 Å². The lowest BCUT2D eigenvalue weighted by atomic mass is 9.81. The summed E-state index contributed by atoms with van der Waals surface area (Å²) in [5, 5.41) is 17.9. The van der Waals surface area contributed by atoms with Gasteiger partial charge in [-0.3, -0.25) is 19.3 Å². The smallest absolute Gasteiger partial charge is 0.261 e. The minimum atomic E-state index is -1.02. The summed E-state index contributed by atoms with van der Waals surface area (Å²) in [4.78, 5) is 43.5. The number of fused-ring (bicyclic) bond motifs is 2. The second kappa shape index (κ2) is 7.05. The van der Waals surface area contributed by atoms with Crippen LogP contribution in [0, 0.1) is 0 Å². The minimum Gasteiger partial charge on any atom is -0.369 e. The van der Waals surface area contributed by atoms with Crippen molar-refractivity contribution >= 4 is 60.8 Å². The highest BCUT2D eigenvalue weighted by molar-refractivity contribution is 6.39. The van der Waals surface area contributed by atoms with Crippen LogP contribution in [0.2, 0.25) is 0 Å². The summed E-state index contributed by atoms with van der Waals surface area (Å²) >= 11 is 0. The number of rotatable bonds is 3. The molecule has 0 spiro atoms. The molecular weight excluding hydrogens is 464 g/mol. The highest BCUT2D eigenvalue weighted by Crippen LogP contribution is 2.47. The third-order valence-electron chi connectivity index (χ3n) is 9.06. The predicted octanol–water partition coefficient (Wildman–Crippen LogP) is 5.99. The molecule has 5 aromatic carbocycles. The van der Waals surface area contributed by atoms with Gasteiger partial charge in [0.05, 0.1) is 0 Å². The van der Waals surface area contributed by atoms with E-state index in [4.69, 9.17) is 0 Å². The van der Waals surface area contributed by atoms with Gasteiger partial charge in [-0.2, -0.15) is 0 Å². The summed E-state index contributed by atoms with van der Waals surface area (Å²) < 4.78 is 0. The van der Waals surface area contributed by atoms with Gasteiger partial charge < -0.3 is 10.0 Å². The van der Waals surface area contributed by atoms with Crippen LogP contribution in [0.25, 0.3) is 43.1 Å². The number of aliphatic hydroxyl groups excluding tert-OH is 1. The Morgan fingerprint density at radius 1 is 0.676 bits per heavy atom. The Balaban J connectivity index is 1.63. The number of imide groups is 1. The normalized spacial score (nSPS) is 17.9. The van der Waals surface area contributed by atoms with Crippen molar-refractivity contribution in [1.29, 1.82) is 0 Å². The Morgan fingerprint density at radius 3 is 1.59 bits per heavy atom. The largest absolute Gasteiger partial charge is 0.369 e. The number of nitrogens with zero attached hydrogens (tertiary/aromatic N) is 2. The maximum absolute atomic E-state index is 13.8. The molecule has 37 heavy (non-hydrogen) atoms. The van der Waals surface area contributed by atoms with Crippen LogP contribution in [0.3, 0.4) is 0 Å². The van der Waals surface area contributed by atoms with Crippen molar-refractivity contribution < 1.29 is 19.5 Å². The highest BCUT2D eigenvalue weighted by Gasteiger charge is 2.43. The fourth-order valence-electron chi connectivity index (χ4n) is 6.56. The van der Waals surface area contributed by atoms with E-state index in [9.17, 15) is 19.5 Å². The number of amides is 3. The van der Waals surface area contributed by atoms with E-state index < -0.39 is 11.8 Å². The van der Waals surface area contributed by atoms with Crippen LogP contribution >= 0.6 is 0 Å². The monoisotopic (exact) mass is 490 g/mol. The third kappa shape index (κ3) is 2.46. The van der Waals surface area contributed by atoms with Crippen LogP contribution in [-0.2, 0) is 0 Å². The van der Waals surface area contributed by atoms with E-state index in [1.54, 1.807) is 7.05 Å². The molecule has 2 heterocycles. The molecule has 5 aromatic rings. The molecule has 2 aliphatic heterocycles. The maximum Gasteiger partial charge on any atom is 0.261 e. The van der Waals surface area contributed by atoms with Crippen molar-refractivity contribution in [2.24, 2.45) is 0 Å². The molecule has 6 heteroatoms. The number of aliphatic hydroxyl groups is 1. The molecule has 1 N–H and O–H groups in total. The zero-order chi connectivity index (χ0) is 26.0. The van der Waals surface area contributed by atoms with Gasteiger partial charge in [0.2, 0.25) is 0 Å². The molecule has 0 aliphatic carbocycles. The summed E-state index contributed by atoms with van der Waals surface area (Å²) in [6.07, 6.45) is 0.332. The Hall–Kier alpha value is -4.03. The molecule has 6 nitrogen and oxygen atoms in total. The van der Waals surface area contributed by atoms with Crippen molar-refractivity contribution in [2.75, 3.05) is 7.05 Å². The molecule has 0 radical (unpaired) electrons. The molecule has 1 unspecified atom stereocenters. The van der Waals surface area contributed by atoms with Crippen LogP contribution in [0.1, 0.15) is 76.5 Å². The molecule has 3 amide bonds. The topological polar surface area (TPSA) is 77.9 Å². The third-order valence-corrected chi connectivity index (χ3v) is 9.06. The van der Waals surface area contributed by atoms with Crippen LogP contribution in [0.5, 0.6) is 0 Å². The van der Waals surface area contributed by atoms with Crippen LogP contribution in [-0.4, -0.2) is 45.2 Å². The quantitative estimate of drug-likeness (QED) is 0.191. The summed E-state index contributed by atoms with van der Waals surface area (Å²) in [6, 6.07) is 15.2. The lowest BCUT2D eigenvalue weighted by Gasteiger charge is -2.41. The van der Waals surface area contributed by atoms with E-state index in [0.717, 1.165) is 37.7 Å². The fraction of sp³-hybridized carbons (Fsp3) is 0.258. The summed E-state index contributed by atoms with van der Waals surface area (Å²) in [5.41, 5.74) is 1.79. The van der Waals surface area contributed by atoms with Crippen molar-refractivity contribution in [3.8, 4) is 0 Å². The standard InChI is InChI=1S/C31H26N2O4/c1-5-31(3,6-2)33-29(36)21-13-9-17-15-7-11-19-25-20(28(35)32(4)27(19)34)12-8-16(23(15)25)18-10-14-22(30(33)37)26(21)24(17)18/h7-14,27,34H,5-6H2,1-4H3. The first kappa shape index (κ1) is 22.2. The molecule has 1 atom stereocenters. The van der Waals surface area contributed by atoms with E-state index in [1.165, 1.54) is 9.80 Å². The zero-order valence-corrected chi connectivity index (χ0v) is 21.2. The van der Waals surface area contributed by atoms with E-state index in [0.29, 0.717) is 40.5 Å². The van der Waals surface area contributed by atoms with E-state index >= 15 is 0 Å². The van der Waals surface area contributed by atoms with Crippen molar-refractivity contribution in [3.05, 3.63) is 70.8 Å². The number of carbonyl (C=O) groups is 3. The first-order valence-corrected chi connectivity index (χ1v) is 12.8. The first-order valence-electron chi connectivity index (χ1n) is 12.8. The minimum absolute atomic E-state index is 0.217. The van der Waals surface area contributed by atoms with E-state index in [-0.39, 0.29) is 17.7 Å². The second-order valence-electron chi connectivity index (χ2n) is 10.6. The van der Waals surface area contributed by atoms with Crippen molar-refractivity contribution in [2.45, 2.75) is 45.4 Å². The molecule has 0 bridgehead atoms. The number of hydrogen-bond donors (Lipinski definition) is 1. The molecular formula is C31H26N2O4. The number of carbonyl (C=O) groups excluding carboxylic acids is 3. The SMILES string of the molecule is CCC(C)(CC)N1C(=O)c2ccc3c4ccc5c6c(ccc(c7ccc(c2c37)C1=O)c64)C(O)N(C)C5=O. The molecule has 184 valence electrons. The van der Waals surface area contributed by atoms with Crippen LogP contribution in [0.15, 0.2) is 48.5 Å². The predicted molar refractivity (Wildman–Crippen MR) is 144 cm³/mol. The molecule has 0 fully saturated rings. The summed E-state index contributed by atoms with van der Waals surface area (Å²) in [6.45, 7) is 5.99. The second-order valence-corrected chi connectivity index (χ2v) is 10.6. The molecule has 0 aromatic heterocycles. The van der Waals surface area contributed by atoms with E-state index in [1.807, 2.05) is 69.3 Å². The average molecular weight is 491 g/mol. The number of hydrogen-bond acceptors (Lipinski definition) is 4. The maximum atomic E-state index is 13.8. The Labute approximate surface area is 213 Å². The summed E-state index contributed by atoms with van der Waals surface area (Å²) in [7, 11) is 1.60. The van der Waals surface area contributed by atoms with Gasteiger partial charge in [0.15, 0.2) is 6.23 Å². The first-order chi connectivity index (χ1) is 17.7. The molecule has 2 aliphatic rings. The average Bonchev–Trinajstić information content (AvgIpc) is 2.92.